The van der Waals surface area contributed by atoms with Crippen LogP contribution in [0.1, 0.15) is 43.9 Å². The number of hydrogen-bond acceptors (Lipinski definition) is 4. The summed E-state index contributed by atoms with van der Waals surface area (Å²) >= 11 is 1.55. The molecule has 25 heavy (non-hydrogen) atoms. The number of ether oxygens (including phenoxy) is 1. The van der Waals surface area contributed by atoms with Crippen molar-refractivity contribution in [1.29, 1.82) is 0 Å². The molecule has 0 aliphatic rings. The van der Waals surface area contributed by atoms with Gasteiger partial charge in [-0.1, -0.05) is 43.7 Å². The fourth-order valence-electron chi connectivity index (χ4n) is 2.39. The van der Waals surface area contributed by atoms with Crippen LogP contribution in [0.4, 0.5) is 0 Å². The van der Waals surface area contributed by atoms with Gasteiger partial charge in [-0.3, -0.25) is 4.79 Å². The lowest BCUT2D eigenvalue weighted by Crippen LogP contribution is -2.38. The lowest BCUT2D eigenvalue weighted by atomic mass is 10.0. The van der Waals surface area contributed by atoms with Gasteiger partial charge in [0.05, 0.1) is 6.04 Å². The Balaban J connectivity index is 1.90. The maximum atomic E-state index is 12.4. The number of esters is 1. The first-order valence-corrected chi connectivity index (χ1v) is 9.30. The zero-order valence-electron chi connectivity index (χ0n) is 14.5. The van der Waals surface area contributed by atoms with Gasteiger partial charge in [0, 0.05) is 6.08 Å². The molecule has 2 aromatic rings. The van der Waals surface area contributed by atoms with Crippen LogP contribution in [0.25, 0.3) is 6.08 Å². The molecule has 2 rings (SSSR count). The van der Waals surface area contributed by atoms with Crippen LogP contribution >= 0.6 is 11.3 Å². The molecule has 0 saturated carbocycles. The van der Waals surface area contributed by atoms with E-state index in [0.29, 0.717) is 0 Å². The van der Waals surface area contributed by atoms with Gasteiger partial charge < -0.3 is 10.1 Å². The van der Waals surface area contributed by atoms with Gasteiger partial charge in [-0.2, -0.15) is 11.3 Å². The SMILES string of the molecule is CCC[C@H](NC(=O)[C@@H](C)OC(=O)/C=C/c1ccsc1)c1ccccc1. The Hall–Kier alpha value is -2.40. The standard InChI is InChI=1S/C20H23NO3S/c1-3-7-18(17-8-5-4-6-9-17)21-20(23)15(2)24-19(22)11-10-16-12-13-25-14-16/h4-6,8-15,18H,3,7H2,1-2H3,(H,21,23)/b11-10+/t15-,18+/m1/s1. The maximum Gasteiger partial charge on any atom is 0.331 e. The average Bonchev–Trinajstić information content (AvgIpc) is 3.14. The van der Waals surface area contributed by atoms with Gasteiger partial charge >= 0.3 is 5.97 Å². The van der Waals surface area contributed by atoms with Crippen molar-refractivity contribution in [3.8, 4) is 0 Å². The zero-order chi connectivity index (χ0) is 18.1. The molecule has 0 spiro atoms. The predicted molar refractivity (Wildman–Crippen MR) is 101 cm³/mol. The first-order valence-electron chi connectivity index (χ1n) is 8.36. The third kappa shape index (κ3) is 6.19. The van der Waals surface area contributed by atoms with Gasteiger partial charge in [0.15, 0.2) is 6.10 Å². The van der Waals surface area contributed by atoms with Crippen molar-refractivity contribution in [3.05, 3.63) is 64.4 Å². The summed E-state index contributed by atoms with van der Waals surface area (Å²) in [4.78, 5) is 24.2. The van der Waals surface area contributed by atoms with E-state index >= 15 is 0 Å². The van der Waals surface area contributed by atoms with E-state index in [1.807, 2.05) is 47.2 Å². The Labute approximate surface area is 152 Å². The Morgan fingerprint density at radius 3 is 2.64 bits per heavy atom. The highest BCUT2D eigenvalue weighted by molar-refractivity contribution is 7.08. The van der Waals surface area contributed by atoms with E-state index in [0.717, 1.165) is 24.0 Å². The summed E-state index contributed by atoms with van der Waals surface area (Å²) in [7, 11) is 0. The van der Waals surface area contributed by atoms with Gasteiger partial charge in [0.25, 0.3) is 5.91 Å². The van der Waals surface area contributed by atoms with Crippen molar-refractivity contribution in [2.45, 2.75) is 38.8 Å². The zero-order valence-corrected chi connectivity index (χ0v) is 15.3. The smallest absolute Gasteiger partial charge is 0.331 e. The van der Waals surface area contributed by atoms with E-state index in [1.165, 1.54) is 6.08 Å². The molecule has 0 unspecified atom stereocenters. The number of rotatable bonds is 8. The van der Waals surface area contributed by atoms with Crippen LogP contribution in [0.3, 0.4) is 0 Å². The number of hydrogen-bond donors (Lipinski definition) is 1. The lowest BCUT2D eigenvalue weighted by Gasteiger charge is -2.21. The summed E-state index contributed by atoms with van der Waals surface area (Å²) in [6, 6.07) is 11.6. The molecule has 5 heteroatoms. The van der Waals surface area contributed by atoms with E-state index in [-0.39, 0.29) is 11.9 Å². The monoisotopic (exact) mass is 357 g/mol. The highest BCUT2D eigenvalue weighted by Crippen LogP contribution is 2.18. The normalized spacial score (nSPS) is 13.4. The largest absolute Gasteiger partial charge is 0.449 e. The number of thiophene rings is 1. The predicted octanol–water partition coefficient (Wildman–Crippen LogP) is 4.35. The average molecular weight is 357 g/mol. The lowest BCUT2D eigenvalue weighted by molar-refractivity contribution is -0.150. The van der Waals surface area contributed by atoms with Gasteiger partial charge in [-0.15, -0.1) is 0 Å². The molecule has 0 radical (unpaired) electrons. The van der Waals surface area contributed by atoms with Crippen molar-refractivity contribution in [2.75, 3.05) is 0 Å². The van der Waals surface area contributed by atoms with Crippen molar-refractivity contribution >= 4 is 29.3 Å². The highest BCUT2D eigenvalue weighted by atomic mass is 32.1. The topological polar surface area (TPSA) is 55.4 Å². The minimum atomic E-state index is -0.845. The molecule has 0 fully saturated rings. The summed E-state index contributed by atoms with van der Waals surface area (Å²) < 4.78 is 5.19. The minimum Gasteiger partial charge on any atom is -0.449 e. The molecule has 1 amide bonds. The summed E-state index contributed by atoms with van der Waals surface area (Å²) in [6.07, 6.45) is 3.94. The van der Waals surface area contributed by atoms with Gasteiger partial charge in [0.1, 0.15) is 0 Å². The van der Waals surface area contributed by atoms with Crippen molar-refractivity contribution in [1.82, 2.24) is 5.32 Å². The number of amides is 1. The van der Waals surface area contributed by atoms with E-state index in [4.69, 9.17) is 4.74 Å². The second kappa shape index (κ2) is 9.79. The highest BCUT2D eigenvalue weighted by Gasteiger charge is 2.20. The molecule has 1 heterocycles. The van der Waals surface area contributed by atoms with Crippen molar-refractivity contribution < 1.29 is 14.3 Å². The molecule has 4 nitrogen and oxygen atoms in total. The fourth-order valence-corrected chi connectivity index (χ4v) is 3.01. The second-order valence-electron chi connectivity index (χ2n) is 5.73. The van der Waals surface area contributed by atoms with E-state index in [2.05, 4.69) is 12.2 Å². The molecule has 0 bridgehead atoms. The molecular weight excluding hydrogens is 334 g/mol. The maximum absolute atomic E-state index is 12.4. The fraction of sp³-hybridized carbons (Fsp3) is 0.300. The molecule has 0 aliphatic carbocycles. The van der Waals surface area contributed by atoms with Crippen LogP contribution in [0.15, 0.2) is 53.2 Å². The van der Waals surface area contributed by atoms with Crippen LogP contribution in [0.5, 0.6) is 0 Å². The van der Waals surface area contributed by atoms with Gasteiger partial charge in [0.2, 0.25) is 0 Å². The third-order valence-corrected chi connectivity index (χ3v) is 4.41. The molecule has 0 aliphatic heterocycles. The minimum absolute atomic E-state index is 0.0822. The molecule has 1 N–H and O–H groups in total. The Morgan fingerprint density at radius 1 is 1.24 bits per heavy atom. The van der Waals surface area contributed by atoms with Crippen LogP contribution in [0.2, 0.25) is 0 Å². The molecule has 132 valence electrons. The first kappa shape index (κ1) is 18.9. The van der Waals surface area contributed by atoms with E-state index in [9.17, 15) is 9.59 Å². The molecule has 1 aromatic heterocycles. The first-order chi connectivity index (χ1) is 12.1. The summed E-state index contributed by atoms with van der Waals surface area (Å²) in [5.74, 6) is -0.819. The molecule has 1 aromatic carbocycles. The summed E-state index contributed by atoms with van der Waals surface area (Å²) in [6.45, 7) is 3.65. The van der Waals surface area contributed by atoms with Crippen LogP contribution in [0, 0.1) is 0 Å². The van der Waals surface area contributed by atoms with Crippen molar-refractivity contribution in [2.24, 2.45) is 0 Å². The van der Waals surface area contributed by atoms with Crippen LogP contribution < -0.4 is 5.32 Å². The Kier molecular flexibility index (Phi) is 7.41. The Bertz CT molecular complexity index is 695. The summed E-state index contributed by atoms with van der Waals surface area (Å²) in [5.41, 5.74) is 1.99. The second-order valence-corrected chi connectivity index (χ2v) is 6.51. The number of carbonyl (C=O) groups is 2. The van der Waals surface area contributed by atoms with Crippen LogP contribution in [-0.4, -0.2) is 18.0 Å². The quantitative estimate of drug-likeness (QED) is 0.564. The Morgan fingerprint density at radius 2 is 2.00 bits per heavy atom. The third-order valence-electron chi connectivity index (χ3n) is 3.71. The van der Waals surface area contributed by atoms with E-state index in [1.54, 1.807) is 24.3 Å². The van der Waals surface area contributed by atoms with Gasteiger partial charge in [-0.25, -0.2) is 4.79 Å². The number of benzene rings is 1. The van der Waals surface area contributed by atoms with Gasteiger partial charge in [-0.05, 0) is 47.4 Å². The van der Waals surface area contributed by atoms with Crippen molar-refractivity contribution in [3.63, 3.8) is 0 Å². The molecule has 0 saturated heterocycles. The number of carbonyl (C=O) groups excluding carboxylic acids is 2. The molecular formula is C20H23NO3S. The summed E-state index contributed by atoms with van der Waals surface area (Å²) in [5, 5.41) is 6.83. The number of nitrogens with one attached hydrogen (secondary N) is 1. The van der Waals surface area contributed by atoms with E-state index < -0.39 is 12.1 Å². The van der Waals surface area contributed by atoms with Crippen LogP contribution in [-0.2, 0) is 14.3 Å². The molecule has 2 atom stereocenters.